The molecule has 1 atom stereocenters. The van der Waals surface area contributed by atoms with E-state index in [1.807, 2.05) is 5.38 Å². The first-order chi connectivity index (χ1) is 9.91. The predicted molar refractivity (Wildman–Crippen MR) is 82.5 cm³/mol. The molecule has 0 radical (unpaired) electrons. The number of aromatic nitrogens is 1. The SMILES string of the molecule is CCCc1nc(CNC(=O)[C@H]2CCCN2S(C)(=O)=O)cs1. The van der Waals surface area contributed by atoms with Crippen LogP contribution in [0.5, 0.6) is 0 Å². The van der Waals surface area contributed by atoms with Crippen LogP contribution in [-0.4, -0.2) is 42.5 Å². The van der Waals surface area contributed by atoms with Crippen LogP contribution in [0.15, 0.2) is 5.38 Å². The monoisotopic (exact) mass is 331 g/mol. The zero-order chi connectivity index (χ0) is 15.5. The molecule has 2 heterocycles. The second kappa shape index (κ2) is 6.85. The van der Waals surface area contributed by atoms with Gasteiger partial charge in [-0.25, -0.2) is 13.4 Å². The summed E-state index contributed by atoms with van der Waals surface area (Å²) in [6.45, 7) is 2.88. The summed E-state index contributed by atoms with van der Waals surface area (Å²) < 4.78 is 24.5. The van der Waals surface area contributed by atoms with Crippen LogP contribution >= 0.6 is 11.3 Å². The fraction of sp³-hybridized carbons (Fsp3) is 0.692. The first kappa shape index (κ1) is 16.4. The van der Waals surface area contributed by atoms with E-state index in [1.165, 1.54) is 4.31 Å². The van der Waals surface area contributed by atoms with Gasteiger partial charge < -0.3 is 5.32 Å². The Hall–Kier alpha value is -0.990. The molecule has 21 heavy (non-hydrogen) atoms. The molecule has 1 aliphatic heterocycles. The summed E-state index contributed by atoms with van der Waals surface area (Å²) >= 11 is 1.59. The standard InChI is InChI=1S/C13H21N3O3S2/c1-3-5-12-15-10(9-20-12)8-14-13(17)11-6-4-7-16(11)21(2,18)19/h9,11H,3-8H2,1-2H3,(H,14,17)/t11-/m1/s1. The van der Waals surface area contributed by atoms with Crippen LogP contribution in [0.3, 0.4) is 0 Å². The van der Waals surface area contributed by atoms with Gasteiger partial charge in [0.25, 0.3) is 0 Å². The Morgan fingerprint density at radius 1 is 1.57 bits per heavy atom. The number of nitrogens with one attached hydrogen (secondary N) is 1. The first-order valence-electron chi connectivity index (χ1n) is 7.09. The van der Waals surface area contributed by atoms with Crippen molar-refractivity contribution in [2.75, 3.05) is 12.8 Å². The highest BCUT2D eigenvalue weighted by Gasteiger charge is 2.36. The van der Waals surface area contributed by atoms with Crippen LogP contribution in [0.1, 0.15) is 36.9 Å². The second-order valence-corrected chi connectivity index (χ2v) is 8.11. The summed E-state index contributed by atoms with van der Waals surface area (Å²) in [5, 5.41) is 5.81. The average Bonchev–Trinajstić information content (AvgIpc) is 3.04. The summed E-state index contributed by atoms with van der Waals surface area (Å²) in [7, 11) is -3.32. The van der Waals surface area contributed by atoms with Crippen molar-refractivity contribution in [3.05, 3.63) is 16.1 Å². The van der Waals surface area contributed by atoms with Crippen molar-refractivity contribution in [1.82, 2.24) is 14.6 Å². The third-order valence-corrected chi connectivity index (χ3v) is 5.69. The third-order valence-electron chi connectivity index (χ3n) is 3.44. The van der Waals surface area contributed by atoms with E-state index in [0.717, 1.165) is 36.2 Å². The van der Waals surface area contributed by atoms with Crippen molar-refractivity contribution in [3.63, 3.8) is 0 Å². The molecule has 0 unspecified atom stereocenters. The average molecular weight is 331 g/mol. The van der Waals surface area contributed by atoms with Crippen molar-refractivity contribution in [2.24, 2.45) is 0 Å². The number of thiazole rings is 1. The van der Waals surface area contributed by atoms with Gasteiger partial charge in [-0.3, -0.25) is 4.79 Å². The molecule has 1 saturated heterocycles. The zero-order valence-electron chi connectivity index (χ0n) is 12.3. The van der Waals surface area contributed by atoms with Crippen LogP contribution < -0.4 is 5.32 Å². The summed E-state index contributed by atoms with van der Waals surface area (Å²) in [4.78, 5) is 16.6. The minimum Gasteiger partial charge on any atom is -0.349 e. The van der Waals surface area contributed by atoms with Gasteiger partial charge in [-0.15, -0.1) is 11.3 Å². The van der Waals surface area contributed by atoms with E-state index in [0.29, 0.717) is 19.5 Å². The zero-order valence-corrected chi connectivity index (χ0v) is 14.0. The quantitative estimate of drug-likeness (QED) is 0.847. The molecule has 1 aromatic heterocycles. The summed E-state index contributed by atoms with van der Waals surface area (Å²) in [6.07, 6.45) is 4.45. The molecular weight excluding hydrogens is 310 g/mol. The molecule has 0 aliphatic carbocycles. The van der Waals surface area contributed by atoms with Gasteiger partial charge in [-0.2, -0.15) is 4.31 Å². The molecule has 118 valence electrons. The maximum atomic E-state index is 12.2. The number of hydrogen-bond donors (Lipinski definition) is 1. The molecule has 1 fully saturated rings. The van der Waals surface area contributed by atoms with E-state index in [2.05, 4.69) is 17.2 Å². The van der Waals surface area contributed by atoms with Crippen molar-refractivity contribution in [3.8, 4) is 0 Å². The highest BCUT2D eigenvalue weighted by molar-refractivity contribution is 7.88. The highest BCUT2D eigenvalue weighted by atomic mass is 32.2. The molecule has 0 saturated carbocycles. The Morgan fingerprint density at radius 3 is 3.00 bits per heavy atom. The minimum absolute atomic E-state index is 0.233. The number of aryl methyl sites for hydroxylation is 1. The van der Waals surface area contributed by atoms with Crippen LogP contribution in [0.25, 0.3) is 0 Å². The molecule has 1 aromatic rings. The van der Waals surface area contributed by atoms with Crippen molar-refractivity contribution >= 4 is 27.3 Å². The topological polar surface area (TPSA) is 79.4 Å². The van der Waals surface area contributed by atoms with Gasteiger partial charge in [0, 0.05) is 11.9 Å². The minimum atomic E-state index is -3.32. The normalized spacial score (nSPS) is 19.8. The van der Waals surface area contributed by atoms with Gasteiger partial charge in [-0.1, -0.05) is 6.92 Å². The lowest BCUT2D eigenvalue weighted by atomic mass is 10.2. The smallest absolute Gasteiger partial charge is 0.238 e. The lowest BCUT2D eigenvalue weighted by Gasteiger charge is -2.21. The molecule has 1 N–H and O–H groups in total. The van der Waals surface area contributed by atoms with E-state index < -0.39 is 16.1 Å². The second-order valence-electron chi connectivity index (χ2n) is 5.23. The van der Waals surface area contributed by atoms with Crippen LogP contribution in [0, 0.1) is 0 Å². The van der Waals surface area contributed by atoms with E-state index >= 15 is 0 Å². The Morgan fingerprint density at radius 2 is 2.33 bits per heavy atom. The molecule has 0 bridgehead atoms. The number of rotatable bonds is 6. The number of hydrogen-bond acceptors (Lipinski definition) is 5. The number of amides is 1. The highest BCUT2D eigenvalue weighted by Crippen LogP contribution is 2.20. The number of sulfonamides is 1. The van der Waals surface area contributed by atoms with E-state index in [1.54, 1.807) is 11.3 Å². The predicted octanol–water partition coefficient (Wildman–Crippen LogP) is 1.14. The number of carbonyl (C=O) groups is 1. The molecule has 2 rings (SSSR count). The molecule has 0 spiro atoms. The van der Waals surface area contributed by atoms with Gasteiger partial charge >= 0.3 is 0 Å². The Bertz CT molecular complexity index is 598. The van der Waals surface area contributed by atoms with E-state index in [4.69, 9.17) is 0 Å². The number of nitrogens with zero attached hydrogens (tertiary/aromatic N) is 2. The molecule has 6 nitrogen and oxygen atoms in total. The van der Waals surface area contributed by atoms with Gasteiger partial charge in [0.2, 0.25) is 15.9 Å². The molecule has 8 heteroatoms. The van der Waals surface area contributed by atoms with E-state index in [9.17, 15) is 13.2 Å². The van der Waals surface area contributed by atoms with Crippen molar-refractivity contribution < 1.29 is 13.2 Å². The number of carbonyl (C=O) groups excluding carboxylic acids is 1. The van der Waals surface area contributed by atoms with Gasteiger partial charge in [-0.05, 0) is 25.7 Å². The Balaban J connectivity index is 1.92. The fourth-order valence-electron chi connectivity index (χ4n) is 2.45. The van der Waals surface area contributed by atoms with Crippen molar-refractivity contribution in [1.29, 1.82) is 0 Å². The van der Waals surface area contributed by atoms with Crippen LogP contribution in [0.4, 0.5) is 0 Å². The van der Waals surface area contributed by atoms with Gasteiger partial charge in [0.15, 0.2) is 0 Å². The molecule has 1 amide bonds. The molecule has 1 aliphatic rings. The summed E-state index contributed by atoms with van der Waals surface area (Å²) in [5.41, 5.74) is 0.834. The van der Waals surface area contributed by atoms with Crippen LogP contribution in [0.2, 0.25) is 0 Å². The maximum absolute atomic E-state index is 12.2. The van der Waals surface area contributed by atoms with Crippen molar-refractivity contribution in [2.45, 2.75) is 45.2 Å². The summed E-state index contributed by atoms with van der Waals surface area (Å²) in [5.74, 6) is -0.233. The molecular formula is C13H21N3O3S2. The third kappa shape index (κ3) is 4.24. The fourth-order valence-corrected chi connectivity index (χ4v) is 4.48. The largest absolute Gasteiger partial charge is 0.349 e. The van der Waals surface area contributed by atoms with Gasteiger partial charge in [0.1, 0.15) is 6.04 Å². The maximum Gasteiger partial charge on any atom is 0.238 e. The summed E-state index contributed by atoms with van der Waals surface area (Å²) in [6, 6.07) is -0.575. The Labute approximate surface area is 129 Å². The van der Waals surface area contributed by atoms with Gasteiger partial charge in [0.05, 0.1) is 23.5 Å². The lowest BCUT2D eigenvalue weighted by molar-refractivity contribution is -0.124. The Kier molecular flexibility index (Phi) is 5.34. The van der Waals surface area contributed by atoms with Crippen LogP contribution in [-0.2, 0) is 27.8 Å². The van der Waals surface area contributed by atoms with E-state index in [-0.39, 0.29) is 5.91 Å². The lowest BCUT2D eigenvalue weighted by Crippen LogP contribution is -2.45. The molecule has 0 aromatic carbocycles. The first-order valence-corrected chi connectivity index (χ1v) is 9.82.